The van der Waals surface area contributed by atoms with Gasteiger partial charge in [-0.05, 0) is 23.1 Å². The van der Waals surface area contributed by atoms with Gasteiger partial charge in [0, 0.05) is 9.79 Å². The molecule has 2 bridgehead atoms. The summed E-state index contributed by atoms with van der Waals surface area (Å²) in [6, 6.07) is 6.55. The lowest BCUT2D eigenvalue weighted by Gasteiger charge is -2.32. The van der Waals surface area contributed by atoms with E-state index in [-0.39, 0.29) is 0 Å². The standard InChI is InChI=1S/C10H12S/c1-10(2,3)9-7-5-4-6-8(9)11-7/h4-6H,1-3H3. The molecule has 0 spiro atoms. The van der Waals surface area contributed by atoms with E-state index in [0.29, 0.717) is 5.41 Å². The molecular formula is C10H12S. The van der Waals surface area contributed by atoms with Crippen molar-refractivity contribution in [2.75, 3.05) is 0 Å². The molecule has 11 heavy (non-hydrogen) atoms. The first-order valence-corrected chi connectivity index (χ1v) is 4.72. The smallest absolute Gasteiger partial charge is 0.0171 e. The monoisotopic (exact) mass is 164 g/mol. The van der Waals surface area contributed by atoms with Gasteiger partial charge < -0.3 is 0 Å². The molecule has 2 aliphatic heterocycles. The van der Waals surface area contributed by atoms with Crippen LogP contribution in [0.1, 0.15) is 26.3 Å². The fourth-order valence-corrected chi connectivity index (χ4v) is 2.91. The maximum absolute atomic E-state index is 2.27. The van der Waals surface area contributed by atoms with Crippen LogP contribution in [0.5, 0.6) is 0 Å². The molecule has 0 radical (unpaired) electrons. The van der Waals surface area contributed by atoms with Crippen LogP contribution in [0.4, 0.5) is 0 Å². The van der Waals surface area contributed by atoms with E-state index in [0.717, 1.165) is 0 Å². The summed E-state index contributed by atoms with van der Waals surface area (Å²) in [5, 5.41) is 0. The molecule has 0 aliphatic carbocycles. The largest absolute Gasteiger partial charge is 0.0894 e. The highest BCUT2D eigenvalue weighted by molar-refractivity contribution is 8.00. The summed E-state index contributed by atoms with van der Waals surface area (Å²) in [5.74, 6) is 0. The summed E-state index contributed by atoms with van der Waals surface area (Å²) in [6.07, 6.45) is 0. The van der Waals surface area contributed by atoms with Crippen molar-refractivity contribution in [3.63, 3.8) is 0 Å². The second-order valence-electron chi connectivity index (χ2n) is 3.98. The maximum atomic E-state index is 2.27. The van der Waals surface area contributed by atoms with Crippen molar-refractivity contribution in [1.82, 2.24) is 0 Å². The van der Waals surface area contributed by atoms with E-state index in [1.165, 1.54) is 9.79 Å². The molecule has 2 heterocycles. The number of fused-ring (bicyclic) bond motifs is 2. The van der Waals surface area contributed by atoms with Crippen molar-refractivity contribution < 1.29 is 0 Å². The Kier molecular flexibility index (Phi) is 1.34. The molecule has 3 rings (SSSR count). The van der Waals surface area contributed by atoms with Crippen LogP contribution in [-0.4, -0.2) is 0 Å². The topological polar surface area (TPSA) is 0 Å². The van der Waals surface area contributed by atoms with E-state index in [1.807, 2.05) is 11.8 Å². The van der Waals surface area contributed by atoms with Crippen molar-refractivity contribution >= 4 is 11.8 Å². The normalized spacial score (nSPS) is 14.5. The van der Waals surface area contributed by atoms with Gasteiger partial charge in [0.1, 0.15) is 0 Å². The van der Waals surface area contributed by atoms with Crippen molar-refractivity contribution in [1.29, 1.82) is 0 Å². The number of hydrogen-bond donors (Lipinski definition) is 0. The molecule has 0 unspecified atom stereocenters. The minimum atomic E-state index is 0.331. The van der Waals surface area contributed by atoms with Crippen LogP contribution in [0.2, 0.25) is 0 Å². The van der Waals surface area contributed by atoms with Crippen LogP contribution in [-0.2, 0) is 5.41 Å². The van der Waals surface area contributed by atoms with Gasteiger partial charge in [-0.15, -0.1) is 0 Å². The van der Waals surface area contributed by atoms with Crippen molar-refractivity contribution in [3.05, 3.63) is 23.8 Å². The minimum Gasteiger partial charge on any atom is -0.0894 e. The first-order chi connectivity index (χ1) is 5.09. The fourth-order valence-electron chi connectivity index (χ4n) is 1.49. The van der Waals surface area contributed by atoms with E-state index in [2.05, 4.69) is 39.0 Å². The Morgan fingerprint density at radius 1 is 1.09 bits per heavy atom. The molecule has 0 atom stereocenters. The van der Waals surface area contributed by atoms with Gasteiger partial charge in [0.2, 0.25) is 0 Å². The summed E-state index contributed by atoms with van der Waals surface area (Å²) in [6.45, 7) is 6.82. The zero-order valence-corrected chi connectivity index (χ0v) is 7.96. The predicted molar refractivity (Wildman–Crippen MR) is 49.3 cm³/mol. The maximum Gasteiger partial charge on any atom is 0.0171 e. The third-order valence-corrected chi connectivity index (χ3v) is 3.08. The Morgan fingerprint density at radius 2 is 1.64 bits per heavy atom. The zero-order chi connectivity index (χ0) is 8.06. The average Bonchev–Trinajstić information content (AvgIpc) is 1.85. The quantitative estimate of drug-likeness (QED) is 0.574. The molecule has 0 nitrogen and oxygen atoms in total. The molecule has 0 saturated heterocycles. The summed E-state index contributed by atoms with van der Waals surface area (Å²) >= 11 is 1.90. The second kappa shape index (κ2) is 2.04. The minimum absolute atomic E-state index is 0.331. The van der Waals surface area contributed by atoms with Crippen LogP contribution in [0.25, 0.3) is 0 Å². The SMILES string of the molecule is CC(C)(C)c1c2cccc1S2. The van der Waals surface area contributed by atoms with Gasteiger partial charge in [-0.25, -0.2) is 0 Å². The third kappa shape index (κ3) is 0.987. The third-order valence-electron chi connectivity index (χ3n) is 1.96. The second-order valence-corrected chi connectivity index (χ2v) is 5.07. The molecule has 0 N–H and O–H groups in total. The molecule has 0 aromatic heterocycles. The highest BCUT2D eigenvalue weighted by Gasteiger charge is 2.28. The Morgan fingerprint density at radius 3 is 1.91 bits per heavy atom. The van der Waals surface area contributed by atoms with Crippen LogP contribution < -0.4 is 0 Å². The molecular weight excluding hydrogens is 152 g/mol. The summed E-state index contributed by atoms with van der Waals surface area (Å²) in [7, 11) is 0. The first kappa shape index (κ1) is 7.23. The molecule has 0 amide bonds. The summed E-state index contributed by atoms with van der Waals surface area (Å²) in [5.41, 5.74) is 1.88. The lowest BCUT2D eigenvalue weighted by Crippen LogP contribution is -2.17. The lowest BCUT2D eigenvalue weighted by atomic mass is 9.86. The van der Waals surface area contributed by atoms with Crippen LogP contribution in [0.15, 0.2) is 28.0 Å². The van der Waals surface area contributed by atoms with Crippen molar-refractivity contribution in [2.24, 2.45) is 0 Å². The van der Waals surface area contributed by atoms with Crippen LogP contribution in [0, 0.1) is 0 Å². The Bertz CT molecular complexity index is 274. The highest BCUT2D eigenvalue weighted by Crippen LogP contribution is 2.50. The average molecular weight is 164 g/mol. The summed E-state index contributed by atoms with van der Waals surface area (Å²) in [4.78, 5) is 2.94. The Labute approximate surface area is 72.0 Å². The van der Waals surface area contributed by atoms with Gasteiger partial charge in [-0.1, -0.05) is 38.6 Å². The van der Waals surface area contributed by atoms with Crippen molar-refractivity contribution in [3.8, 4) is 0 Å². The van der Waals surface area contributed by atoms with E-state index in [4.69, 9.17) is 0 Å². The highest BCUT2D eigenvalue weighted by atomic mass is 32.2. The molecule has 58 valence electrons. The Balaban J connectivity index is 2.53. The predicted octanol–water partition coefficient (Wildman–Crippen LogP) is 3.45. The van der Waals surface area contributed by atoms with E-state index >= 15 is 0 Å². The molecule has 0 saturated carbocycles. The van der Waals surface area contributed by atoms with E-state index in [9.17, 15) is 0 Å². The lowest BCUT2D eigenvalue weighted by molar-refractivity contribution is 0.558. The molecule has 1 aromatic carbocycles. The Hall–Kier alpha value is -0.430. The van der Waals surface area contributed by atoms with Gasteiger partial charge in [0.25, 0.3) is 0 Å². The molecule has 1 aromatic rings. The van der Waals surface area contributed by atoms with Crippen LogP contribution >= 0.6 is 11.8 Å². The number of hydrogen-bond acceptors (Lipinski definition) is 1. The van der Waals surface area contributed by atoms with E-state index in [1.54, 1.807) is 5.56 Å². The van der Waals surface area contributed by atoms with Gasteiger partial charge in [-0.2, -0.15) is 0 Å². The van der Waals surface area contributed by atoms with Gasteiger partial charge >= 0.3 is 0 Å². The zero-order valence-electron chi connectivity index (χ0n) is 7.14. The van der Waals surface area contributed by atoms with E-state index < -0.39 is 0 Å². The molecule has 1 heteroatoms. The fraction of sp³-hybridized carbons (Fsp3) is 0.400. The van der Waals surface area contributed by atoms with Gasteiger partial charge in [0.15, 0.2) is 0 Å². The van der Waals surface area contributed by atoms with Crippen LogP contribution in [0.3, 0.4) is 0 Å². The summed E-state index contributed by atoms with van der Waals surface area (Å²) < 4.78 is 0. The first-order valence-electron chi connectivity index (χ1n) is 3.90. The molecule has 2 aliphatic rings. The van der Waals surface area contributed by atoms with Gasteiger partial charge in [0.05, 0.1) is 0 Å². The van der Waals surface area contributed by atoms with Crippen molar-refractivity contribution in [2.45, 2.75) is 36.0 Å². The van der Waals surface area contributed by atoms with Gasteiger partial charge in [-0.3, -0.25) is 0 Å². The number of benzene rings is 1. The number of rotatable bonds is 0. The molecule has 0 fully saturated rings.